The largest absolute Gasteiger partial charge is 0.394 e. The molecule has 0 aliphatic carbocycles. The lowest BCUT2D eigenvalue weighted by molar-refractivity contribution is 0.113. The number of benzene rings is 1. The summed E-state index contributed by atoms with van der Waals surface area (Å²) in [4.78, 5) is 0.922. The van der Waals surface area contributed by atoms with Crippen LogP contribution in [0.5, 0.6) is 0 Å². The number of hydrogen-bond acceptors (Lipinski definition) is 4. The van der Waals surface area contributed by atoms with Gasteiger partial charge < -0.3 is 15.5 Å². The maximum atomic E-state index is 13.3. The number of rotatable bonds is 6. The molecule has 1 rings (SSSR count). The third-order valence-corrected chi connectivity index (χ3v) is 3.73. The summed E-state index contributed by atoms with van der Waals surface area (Å²) in [5, 5.41) is 21.5. The van der Waals surface area contributed by atoms with E-state index in [-0.39, 0.29) is 18.0 Å². The van der Waals surface area contributed by atoms with Crippen molar-refractivity contribution in [1.29, 1.82) is 0 Å². The molecule has 0 bridgehead atoms. The van der Waals surface area contributed by atoms with Crippen LogP contribution >= 0.6 is 11.8 Å². The van der Waals surface area contributed by atoms with E-state index < -0.39 is 6.10 Å². The van der Waals surface area contributed by atoms with Crippen molar-refractivity contribution in [3.63, 3.8) is 0 Å². The van der Waals surface area contributed by atoms with E-state index in [1.807, 2.05) is 0 Å². The Kier molecular flexibility index (Phi) is 6.26. The van der Waals surface area contributed by atoms with Gasteiger partial charge in [-0.3, -0.25) is 0 Å². The molecule has 1 atom stereocenters. The Balaban J connectivity index is 2.74. The molecule has 19 heavy (non-hydrogen) atoms. The predicted octanol–water partition coefficient (Wildman–Crippen LogP) is 2.16. The second-order valence-corrected chi connectivity index (χ2v) is 6.56. The van der Waals surface area contributed by atoms with Crippen LogP contribution in [-0.2, 0) is 6.54 Å². The van der Waals surface area contributed by atoms with Crippen LogP contribution in [0.15, 0.2) is 23.1 Å². The minimum atomic E-state index is -0.751. The smallest absolute Gasteiger partial charge is 0.123 e. The van der Waals surface area contributed by atoms with Gasteiger partial charge >= 0.3 is 0 Å². The molecule has 5 heteroatoms. The topological polar surface area (TPSA) is 52.5 Å². The van der Waals surface area contributed by atoms with Gasteiger partial charge in [0.15, 0.2) is 0 Å². The number of halogens is 1. The quantitative estimate of drug-likeness (QED) is 0.702. The van der Waals surface area contributed by atoms with Gasteiger partial charge in [-0.1, -0.05) is 0 Å². The highest BCUT2D eigenvalue weighted by molar-refractivity contribution is 7.99. The molecule has 0 aliphatic rings. The van der Waals surface area contributed by atoms with Crippen molar-refractivity contribution in [1.82, 2.24) is 5.32 Å². The van der Waals surface area contributed by atoms with Crippen molar-refractivity contribution in [2.24, 2.45) is 0 Å². The fourth-order valence-corrected chi connectivity index (χ4v) is 2.38. The third kappa shape index (κ3) is 6.38. The van der Waals surface area contributed by atoms with Gasteiger partial charge in [-0.15, -0.1) is 11.8 Å². The van der Waals surface area contributed by atoms with E-state index in [9.17, 15) is 9.50 Å². The van der Waals surface area contributed by atoms with Gasteiger partial charge in [-0.25, -0.2) is 4.39 Å². The van der Waals surface area contributed by atoms with Crippen LogP contribution in [0.2, 0.25) is 0 Å². The summed E-state index contributed by atoms with van der Waals surface area (Å²) in [5.41, 5.74) is 0.823. The van der Waals surface area contributed by atoms with Crippen molar-refractivity contribution >= 4 is 11.8 Å². The molecule has 3 N–H and O–H groups in total. The molecule has 1 aromatic rings. The van der Waals surface area contributed by atoms with Crippen LogP contribution < -0.4 is 5.32 Å². The van der Waals surface area contributed by atoms with Crippen LogP contribution in [0.4, 0.5) is 4.39 Å². The Hall–Kier alpha value is -0.620. The zero-order valence-electron chi connectivity index (χ0n) is 11.6. The number of nitrogens with one attached hydrogen (secondary N) is 1. The Morgan fingerprint density at radius 2 is 2.05 bits per heavy atom. The van der Waals surface area contributed by atoms with Crippen LogP contribution in [0.3, 0.4) is 0 Å². The normalized spacial score (nSPS) is 13.6. The summed E-state index contributed by atoms with van der Waals surface area (Å²) in [6.45, 7) is 6.46. The van der Waals surface area contributed by atoms with E-state index in [0.717, 1.165) is 10.5 Å². The molecular formula is C14H22FNO2S. The fraction of sp³-hybridized carbons (Fsp3) is 0.571. The molecule has 1 unspecified atom stereocenters. The monoisotopic (exact) mass is 287 g/mol. The standard InChI is InChI=1S/C14H22FNO2S/c1-14(2,3)16-7-10-6-11(15)4-5-13(10)19-9-12(18)8-17/h4-6,12,16-18H,7-9H2,1-3H3. The average molecular weight is 287 g/mol. The fourth-order valence-electron chi connectivity index (χ4n) is 1.43. The Labute approximate surface area is 118 Å². The number of hydrogen-bond donors (Lipinski definition) is 3. The lowest BCUT2D eigenvalue weighted by Gasteiger charge is -2.21. The molecule has 3 nitrogen and oxygen atoms in total. The zero-order chi connectivity index (χ0) is 14.5. The van der Waals surface area contributed by atoms with Crippen LogP contribution in [0.25, 0.3) is 0 Å². The molecule has 0 heterocycles. The van der Waals surface area contributed by atoms with Crippen LogP contribution in [0, 0.1) is 5.82 Å². The molecule has 1 aromatic carbocycles. The van der Waals surface area contributed by atoms with Crippen molar-refractivity contribution in [2.45, 2.75) is 43.9 Å². The first kappa shape index (κ1) is 16.4. The lowest BCUT2D eigenvalue weighted by atomic mass is 10.1. The van der Waals surface area contributed by atoms with Gasteiger partial charge in [-0.05, 0) is 44.5 Å². The molecule has 0 radical (unpaired) electrons. The third-order valence-electron chi connectivity index (χ3n) is 2.47. The number of aliphatic hydroxyl groups excluding tert-OH is 2. The summed E-state index contributed by atoms with van der Waals surface area (Å²) in [7, 11) is 0. The van der Waals surface area contributed by atoms with Gasteiger partial charge in [0.05, 0.1) is 12.7 Å². The van der Waals surface area contributed by atoms with Crippen molar-refractivity contribution in [2.75, 3.05) is 12.4 Å². The van der Waals surface area contributed by atoms with E-state index >= 15 is 0 Å². The van der Waals surface area contributed by atoms with Crippen molar-refractivity contribution in [3.05, 3.63) is 29.6 Å². The second kappa shape index (κ2) is 7.24. The molecule has 108 valence electrons. The summed E-state index contributed by atoms with van der Waals surface area (Å²) >= 11 is 1.42. The number of thioether (sulfide) groups is 1. The van der Waals surface area contributed by atoms with Gasteiger partial charge in [0, 0.05) is 22.7 Å². The number of aliphatic hydroxyl groups is 2. The first-order chi connectivity index (χ1) is 8.81. The van der Waals surface area contributed by atoms with E-state index in [2.05, 4.69) is 26.1 Å². The highest BCUT2D eigenvalue weighted by atomic mass is 32.2. The highest BCUT2D eigenvalue weighted by Gasteiger charge is 2.12. The first-order valence-electron chi connectivity index (χ1n) is 6.27. The maximum Gasteiger partial charge on any atom is 0.123 e. The molecule has 0 aliphatic heterocycles. The lowest BCUT2D eigenvalue weighted by Crippen LogP contribution is -2.35. The van der Waals surface area contributed by atoms with E-state index in [0.29, 0.717) is 12.3 Å². The summed E-state index contributed by atoms with van der Waals surface area (Å²) in [6, 6.07) is 4.63. The van der Waals surface area contributed by atoms with Crippen LogP contribution in [0.1, 0.15) is 26.3 Å². The molecule has 0 spiro atoms. The SMILES string of the molecule is CC(C)(C)NCc1cc(F)ccc1SCC(O)CO. The maximum absolute atomic E-state index is 13.3. The molecular weight excluding hydrogens is 265 g/mol. The van der Waals surface area contributed by atoms with E-state index in [1.165, 1.54) is 23.9 Å². The molecule has 0 saturated heterocycles. The molecule has 0 amide bonds. The van der Waals surface area contributed by atoms with E-state index in [4.69, 9.17) is 5.11 Å². The summed E-state index contributed by atoms with van der Waals surface area (Å²) < 4.78 is 13.3. The Morgan fingerprint density at radius 3 is 2.63 bits per heavy atom. The van der Waals surface area contributed by atoms with Gasteiger partial charge in [0.2, 0.25) is 0 Å². The van der Waals surface area contributed by atoms with Gasteiger partial charge in [0.1, 0.15) is 5.82 Å². The highest BCUT2D eigenvalue weighted by Crippen LogP contribution is 2.24. The van der Waals surface area contributed by atoms with Crippen LogP contribution in [-0.4, -0.2) is 34.2 Å². The average Bonchev–Trinajstić information content (AvgIpc) is 2.33. The predicted molar refractivity (Wildman–Crippen MR) is 76.8 cm³/mol. The summed E-state index contributed by atoms with van der Waals surface area (Å²) in [5.74, 6) is 0.128. The van der Waals surface area contributed by atoms with Gasteiger partial charge in [-0.2, -0.15) is 0 Å². The van der Waals surface area contributed by atoms with E-state index in [1.54, 1.807) is 6.07 Å². The molecule has 0 fully saturated rings. The minimum absolute atomic E-state index is 0.0428. The molecule has 0 aromatic heterocycles. The Bertz CT molecular complexity index is 407. The molecule has 0 saturated carbocycles. The minimum Gasteiger partial charge on any atom is -0.394 e. The first-order valence-corrected chi connectivity index (χ1v) is 7.25. The van der Waals surface area contributed by atoms with Gasteiger partial charge in [0.25, 0.3) is 0 Å². The summed E-state index contributed by atoms with van der Waals surface area (Å²) in [6.07, 6.45) is -0.751. The van der Waals surface area contributed by atoms with Crippen molar-refractivity contribution < 1.29 is 14.6 Å². The Morgan fingerprint density at radius 1 is 1.37 bits per heavy atom. The second-order valence-electron chi connectivity index (χ2n) is 5.50. The van der Waals surface area contributed by atoms with Crippen molar-refractivity contribution in [3.8, 4) is 0 Å². The zero-order valence-corrected chi connectivity index (χ0v) is 12.4.